The lowest BCUT2D eigenvalue weighted by molar-refractivity contribution is 0.533. The highest BCUT2D eigenvalue weighted by molar-refractivity contribution is 7.92. The van der Waals surface area contributed by atoms with Crippen LogP contribution in [0.25, 0.3) is 11.1 Å². The number of hydrazine groups is 3. The van der Waals surface area contributed by atoms with Gasteiger partial charge in [0.25, 0.3) is 0 Å². The number of nitrogens with one attached hydrogen (secondary N) is 6. The summed E-state index contributed by atoms with van der Waals surface area (Å²) in [5.74, 6) is 0.847. The zero-order valence-electron chi connectivity index (χ0n) is 17.0. The lowest BCUT2D eigenvalue weighted by atomic mass is 9.99. The number of rotatable bonds is 8. The normalized spacial score (nSPS) is 15.2. The molecule has 33 heavy (non-hydrogen) atoms. The van der Waals surface area contributed by atoms with Crippen molar-refractivity contribution in [1.82, 2.24) is 41.6 Å². The first-order valence-corrected chi connectivity index (χ1v) is 12.6. The Hall–Kier alpha value is -2.96. The molecule has 176 valence electrons. The average molecular weight is 495 g/mol. The molecule has 3 heterocycles. The van der Waals surface area contributed by atoms with Crippen LogP contribution in [0.4, 0.5) is 5.82 Å². The van der Waals surface area contributed by atoms with Gasteiger partial charge >= 0.3 is 0 Å². The van der Waals surface area contributed by atoms with E-state index in [1.807, 2.05) is 0 Å². The minimum atomic E-state index is -4.51. The van der Waals surface area contributed by atoms with Crippen molar-refractivity contribution in [3.63, 3.8) is 0 Å². The van der Waals surface area contributed by atoms with E-state index < -0.39 is 36.0 Å². The van der Waals surface area contributed by atoms with Crippen molar-refractivity contribution in [2.75, 3.05) is 12.3 Å². The van der Waals surface area contributed by atoms with Gasteiger partial charge in [0.15, 0.2) is 0 Å². The molecule has 0 bridgehead atoms. The Kier molecular flexibility index (Phi) is 6.41. The van der Waals surface area contributed by atoms with Crippen molar-refractivity contribution in [2.24, 2.45) is 5.14 Å². The van der Waals surface area contributed by atoms with Crippen LogP contribution in [0.2, 0.25) is 0 Å². The van der Waals surface area contributed by atoms with Crippen LogP contribution in [0.3, 0.4) is 0 Å². The van der Waals surface area contributed by atoms with Gasteiger partial charge in [-0.15, -0.1) is 0 Å². The number of imidazole rings is 1. The molecule has 0 amide bonds. The molecule has 10 N–H and O–H groups in total. The zero-order chi connectivity index (χ0) is 23.6. The van der Waals surface area contributed by atoms with Gasteiger partial charge in [-0.2, -0.15) is 11.1 Å². The third-order valence-electron chi connectivity index (χ3n) is 4.82. The molecule has 4 rings (SSSR count). The number of hydrogen-bond donors (Lipinski definition) is 8. The number of anilines is 1. The third kappa shape index (κ3) is 5.02. The first kappa shape index (κ1) is 23.2. The Bertz CT molecular complexity index is 1340. The van der Waals surface area contributed by atoms with Crippen LogP contribution in [-0.4, -0.2) is 38.3 Å². The second-order valence-corrected chi connectivity index (χ2v) is 10.3. The van der Waals surface area contributed by atoms with Gasteiger partial charge in [-0.25, -0.2) is 47.5 Å². The van der Waals surface area contributed by atoms with Crippen LogP contribution in [0, 0.1) is 0 Å². The Balaban J connectivity index is 1.83. The Morgan fingerprint density at radius 1 is 1.03 bits per heavy atom. The van der Waals surface area contributed by atoms with E-state index in [4.69, 9.17) is 10.9 Å². The highest BCUT2D eigenvalue weighted by Crippen LogP contribution is 2.36. The molecule has 0 spiro atoms. The molecule has 0 saturated carbocycles. The molecular formula is C17H22N10O4S2. The van der Waals surface area contributed by atoms with Gasteiger partial charge in [0.2, 0.25) is 20.0 Å². The van der Waals surface area contributed by atoms with E-state index in [1.165, 1.54) is 18.3 Å². The second kappa shape index (κ2) is 9.12. The number of benzene rings is 1. The predicted molar refractivity (Wildman–Crippen MR) is 118 cm³/mol. The number of sulfonamides is 2. The molecule has 0 aliphatic carbocycles. The highest BCUT2D eigenvalue weighted by atomic mass is 32.2. The van der Waals surface area contributed by atoms with E-state index in [2.05, 4.69) is 41.6 Å². The maximum absolute atomic E-state index is 13.1. The predicted octanol–water partition coefficient (Wildman–Crippen LogP) is -1.66. The monoisotopic (exact) mass is 494 g/mol. The van der Waals surface area contributed by atoms with Gasteiger partial charge < -0.3 is 10.7 Å². The van der Waals surface area contributed by atoms with Crippen LogP contribution >= 0.6 is 0 Å². The molecule has 1 aliphatic rings. The lowest BCUT2D eigenvalue weighted by Gasteiger charge is -2.21. The van der Waals surface area contributed by atoms with Crippen molar-refractivity contribution in [3.8, 4) is 11.1 Å². The summed E-state index contributed by atoms with van der Waals surface area (Å²) in [7, 11) is -8.78. The Labute approximate surface area is 189 Å². The molecule has 1 saturated heterocycles. The zero-order valence-corrected chi connectivity index (χ0v) is 18.7. The number of aromatic amines is 1. The Morgan fingerprint density at radius 2 is 1.79 bits per heavy atom. The summed E-state index contributed by atoms with van der Waals surface area (Å²) in [6.45, 7) is -0.0120. The quantitative estimate of drug-likeness (QED) is 0.177. The molecule has 2 aromatic heterocycles. The molecule has 16 heteroatoms. The van der Waals surface area contributed by atoms with Crippen molar-refractivity contribution < 1.29 is 16.8 Å². The topological polar surface area (TPSA) is 222 Å². The van der Waals surface area contributed by atoms with E-state index in [-0.39, 0.29) is 24.3 Å². The first-order chi connectivity index (χ1) is 15.7. The molecule has 0 radical (unpaired) electrons. The van der Waals surface area contributed by atoms with E-state index in [0.717, 1.165) is 0 Å². The average Bonchev–Trinajstić information content (AvgIpc) is 3.47. The van der Waals surface area contributed by atoms with E-state index in [0.29, 0.717) is 17.0 Å². The van der Waals surface area contributed by atoms with Crippen LogP contribution in [0.15, 0.2) is 52.6 Å². The van der Waals surface area contributed by atoms with E-state index in [9.17, 15) is 16.8 Å². The van der Waals surface area contributed by atoms with E-state index in [1.54, 1.807) is 24.5 Å². The molecule has 0 unspecified atom stereocenters. The maximum Gasteiger partial charge on any atom is 0.241 e. The maximum atomic E-state index is 13.1. The standard InChI is InChI=1S/C17H22N10O4S2/c18-13-4-1-10(9-22-13)11-2-3-12(33(30,31)23-6-5-14-20-7-8-21-14)16(32(19,28)29)15(11)17-24-26-27-25-17/h1-4,7-9,17,23-27H,5-6H2,(H2,18,22)(H,20,21)(H2,19,28,29). The number of nitrogens with two attached hydrogens (primary N) is 2. The summed E-state index contributed by atoms with van der Waals surface area (Å²) in [5.41, 5.74) is 17.4. The smallest absolute Gasteiger partial charge is 0.241 e. The van der Waals surface area contributed by atoms with Crippen LogP contribution in [0.1, 0.15) is 17.6 Å². The summed E-state index contributed by atoms with van der Waals surface area (Å²) in [5, 5.41) is 5.53. The van der Waals surface area contributed by atoms with E-state index >= 15 is 0 Å². The van der Waals surface area contributed by atoms with Crippen LogP contribution in [-0.2, 0) is 26.5 Å². The van der Waals surface area contributed by atoms with Crippen molar-refractivity contribution >= 4 is 25.9 Å². The first-order valence-electron chi connectivity index (χ1n) is 9.57. The molecule has 1 aliphatic heterocycles. The fraction of sp³-hybridized carbons (Fsp3) is 0.176. The molecule has 3 aromatic rings. The number of nitrogens with zero attached hydrogens (tertiary/aromatic N) is 2. The summed E-state index contributed by atoms with van der Waals surface area (Å²) in [6.07, 6.45) is 4.03. The number of primary sulfonamides is 1. The minimum absolute atomic E-state index is 0.0120. The number of H-pyrrole nitrogens is 1. The van der Waals surface area contributed by atoms with Gasteiger partial charge in [-0.1, -0.05) is 6.07 Å². The summed E-state index contributed by atoms with van der Waals surface area (Å²) >= 11 is 0. The fourth-order valence-electron chi connectivity index (χ4n) is 3.40. The molecule has 1 fully saturated rings. The molecule has 1 aromatic carbocycles. The van der Waals surface area contributed by atoms with Crippen LogP contribution in [0.5, 0.6) is 0 Å². The SMILES string of the molecule is Nc1ccc(-c2ccc(S(=O)(=O)NCCc3ncc[nH]3)c(S(N)(=O)=O)c2C2NNNN2)cn1. The summed E-state index contributed by atoms with van der Waals surface area (Å²) in [6, 6.07) is 5.86. The van der Waals surface area contributed by atoms with Gasteiger partial charge in [-0.05, 0) is 23.8 Å². The fourth-order valence-corrected chi connectivity index (χ4v) is 6.09. The number of aromatic nitrogens is 3. The van der Waals surface area contributed by atoms with Crippen molar-refractivity contribution in [2.45, 2.75) is 22.4 Å². The number of hydrogen-bond acceptors (Lipinski definition) is 11. The van der Waals surface area contributed by atoms with Gasteiger partial charge in [0.1, 0.15) is 27.6 Å². The minimum Gasteiger partial charge on any atom is -0.384 e. The largest absolute Gasteiger partial charge is 0.384 e. The van der Waals surface area contributed by atoms with Gasteiger partial charge in [0.05, 0.1) is 0 Å². The summed E-state index contributed by atoms with van der Waals surface area (Å²) in [4.78, 5) is 9.89. The van der Waals surface area contributed by atoms with Gasteiger partial charge in [-0.3, -0.25) is 0 Å². The molecular weight excluding hydrogens is 472 g/mol. The van der Waals surface area contributed by atoms with Crippen LogP contribution < -0.4 is 37.5 Å². The lowest BCUT2D eigenvalue weighted by Crippen LogP contribution is -2.33. The third-order valence-corrected chi connectivity index (χ3v) is 7.47. The van der Waals surface area contributed by atoms with Crippen molar-refractivity contribution in [3.05, 3.63) is 54.2 Å². The van der Waals surface area contributed by atoms with Crippen molar-refractivity contribution in [1.29, 1.82) is 0 Å². The molecule has 14 nitrogen and oxygen atoms in total. The number of pyridine rings is 1. The molecule has 0 atom stereocenters. The Morgan fingerprint density at radius 3 is 2.39 bits per heavy atom. The highest BCUT2D eigenvalue weighted by Gasteiger charge is 2.34. The number of nitrogen functional groups attached to an aromatic ring is 1. The second-order valence-electron chi connectivity index (χ2n) is 7.03. The summed E-state index contributed by atoms with van der Waals surface area (Å²) < 4.78 is 54.1. The van der Waals surface area contributed by atoms with Gasteiger partial charge in [0, 0.05) is 42.7 Å².